The van der Waals surface area contributed by atoms with Gasteiger partial charge >= 0.3 is 0 Å². The van der Waals surface area contributed by atoms with E-state index >= 15 is 0 Å². The Bertz CT molecular complexity index is 954. The van der Waals surface area contributed by atoms with Crippen LogP contribution in [0.2, 0.25) is 0 Å². The minimum atomic E-state index is -3.78. The summed E-state index contributed by atoms with van der Waals surface area (Å²) in [7, 11) is -3.78. The highest BCUT2D eigenvalue weighted by Crippen LogP contribution is 2.39. The summed E-state index contributed by atoms with van der Waals surface area (Å²) in [5.74, 6) is 0.273. The van der Waals surface area contributed by atoms with E-state index in [9.17, 15) is 13.2 Å². The first kappa shape index (κ1) is 18.8. The Kier molecular flexibility index (Phi) is 5.17. The standard InChI is InChI=1S/C18H19BrN2O4S2/c19-16-8-9-17(26-16)27(23,24)21-12-15(18(22)20-10-4-1-5-11-20)25-14-7-3-2-6-13(14)21/h2-3,6-9,15H,1,4-5,10-12H2. The smallest absolute Gasteiger partial charge is 0.274 e. The van der Waals surface area contributed by atoms with Gasteiger partial charge < -0.3 is 9.64 Å². The lowest BCUT2D eigenvalue weighted by Gasteiger charge is -2.37. The molecule has 1 amide bonds. The van der Waals surface area contributed by atoms with Crippen LogP contribution in [0, 0.1) is 0 Å². The minimum Gasteiger partial charge on any atom is -0.476 e. The molecular formula is C18H19BrN2O4S2. The average Bonchev–Trinajstić information content (AvgIpc) is 3.14. The van der Waals surface area contributed by atoms with Crippen LogP contribution < -0.4 is 9.04 Å². The first-order valence-electron chi connectivity index (χ1n) is 8.79. The van der Waals surface area contributed by atoms with E-state index in [4.69, 9.17) is 4.74 Å². The molecule has 9 heteroatoms. The average molecular weight is 471 g/mol. The van der Waals surface area contributed by atoms with Crippen molar-refractivity contribution in [3.63, 3.8) is 0 Å². The van der Waals surface area contributed by atoms with Gasteiger partial charge in [-0.05, 0) is 59.5 Å². The molecule has 2 aliphatic heterocycles. The van der Waals surface area contributed by atoms with Crippen molar-refractivity contribution in [3.8, 4) is 5.75 Å². The number of halogens is 1. The third-order valence-electron chi connectivity index (χ3n) is 4.77. The Morgan fingerprint density at radius 1 is 1.11 bits per heavy atom. The molecule has 0 bridgehead atoms. The van der Waals surface area contributed by atoms with Gasteiger partial charge in [0.25, 0.3) is 15.9 Å². The third kappa shape index (κ3) is 3.60. The van der Waals surface area contributed by atoms with Gasteiger partial charge in [-0.25, -0.2) is 8.42 Å². The fraction of sp³-hybridized carbons (Fsp3) is 0.389. The van der Waals surface area contributed by atoms with E-state index in [2.05, 4.69) is 15.9 Å². The lowest BCUT2D eigenvalue weighted by atomic mass is 10.1. The Balaban J connectivity index is 1.69. The van der Waals surface area contributed by atoms with Crippen molar-refractivity contribution in [2.24, 2.45) is 0 Å². The summed E-state index contributed by atoms with van der Waals surface area (Å²) >= 11 is 4.47. The zero-order valence-electron chi connectivity index (χ0n) is 14.5. The summed E-state index contributed by atoms with van der Waals surface area (Å²) in [6.07, 6.45) is 2.23. The molecule has 2 aliphatic rings. The molecule has 0 radical (unpaired) electrons. The number of amides is 1. The largest absolute Gasteiger partial charge is 0.476 e. The zero-order valence-corrected chi connectivity index (χ0v) is 17.7. The van der Waals surface area contributed by atoms with Crippen molar-refractivity contribution in [3.05, 3.63) is 40.2 Å². The van der Waals surface area contributed by atoms with Crippen LogP contribution in [-0.4, -0.2) is 45.0 Å². The van der Waals surface area contributed by atoms with Gasteiger partial charge in [0.05, 0.1) is 16.0 Å². The van der Waals surface area contributed by atoms with Crippen LogP contribution in [0.15, 0.2) is 44.4 Å². The number of hydrogen-bond acceptors (Lipinski definition) is 5. The fourth-order valence-electron chi connectivity index (χ4n) is 3.42. The third-order valence-corrected chi connectivity index (χ3v) is 8.64. The number of carbonyl (C=O) groups is 1. The van der Waals surface area contributed by atoms with Gasteiger partial charge in [-0.15, -0.1) is 11.3 Å². The van der Waals surface area contributed by atoms with Crippen molar-refractivity contribution in [1.29, 1.82) is 0 Å². The normalized spacial score (nSPS) is 20.1. The van der Waals surface area contributed by atoms with Crippen LogP contribution in [0.5, 0.6) is 5.75 Å². The first-order valence-corrected chi connectivity index (χ1v) is 11.8. The fourth-order valence-corrected chi connectivity index (χ4v) is 7.02. The molecule has 1 aromatic carbocycles. The summed E-state index contributed by atoms with van der Waals surface area (Å²) in [6.45, 7) is 1.38. The van der Waals surface area contributed by atoms with Crippen LogP contribution in [-0.2, 0) is 14.8 Å². The van der Waals surface area contributed by atoms with Crippen LogP contribution >= 0.6 is 27.3 Å². The molecule has 27 heavy (non-hydrogen) atoms. The van der Waals surface area contributed by atoms with Crippen LogP contribution in [0.3, 0.4) is 0 Å². The molecule has 1 fully saturated rings. The maximum absolute atomic E-state index is 13.2. The molecule has 0 N–H and O–H groups in total. The molecule has 1 aromatic heterocycles. The number of sulfonamides is 1. The highest BCUT2D eigenvalue weighted by molar-refractivity contribution is 9.11. The van der Waals surface area contributed by atoms with Gasteiger partial charge in [0, 0.05) is 13.1 Å². The number of nitrogens with zero attached hydrogens (tertiary/aromatic N) is 2. The number of anilines is 1. The van der Waals surface area contributed by atoms with Crippen molar-refractivity contribution in [2.45, 2.75) is 29.6 Å². The molecule has 0 aliphatic carbocycles. The second kappa shape index (κ2) is 7.44. The highest BCUT2D eigenvalue weighted by atomic mass is 79.9. The number of likely N-dealkylation sites (tertiary alicyclic amines) is 1. The van der Waals surface area contributed by atoms with E-state index in [1.807, 2.05) is 0 Å². The number of fused-ring (bicyclic) bond motifs is 1. The van der Waals surface area contributed by atoms with Crippen LogP contribution in [0.1, 0.15) is 19.3 Å². The number of carbonyl (C=O) groups excluding carboxylic acids is 1. The number of benzene rings is 1. The summed E-state index contributed by atoms with van der Waals surface area (Å²) in [4.78, 5) is 14.7. The summed E-state index contributed by atoms with van der Waals surface area (Å²) in [5.41, 5.74) is 0.463. The maximum Gasteiger partial charge on any atom is 0.274 e. The molecule has 3 heterocycles. The van der Waals surface area contributed by atoms with E-state index in [0.717, 1.165) is 34.4 Å². The number of para-hydroxylation sites is 2. The monoisotopic (exact) mass is 470 g/mol. The number of thiophene rings is 1. The zero-order chi connectivity index (χ0) is 19.0. The van der Waals surface area contributed by atoms with Gasteiger partial charge in [0.2, 0.25) is 0 Å². The lowest BCUT2D eigenvalue weighted by molar-refractivity contribution is -0.139. The summed E-state index contributed by atoms with van der Waals surface area (Å²) < 4.78 is 34.7. The van der Waals surface area contributed by atoms with Crippen molar-refractivity contribution in [2.75, 3.05) is 23.9 Å². The van der Waals surface area contributed by atoms with E-state index in [-0.39, 0.29) is 16.7 Å². The lowest BCUT2D eigenvalue weighted by Crippen LogP contribution is -2.52. The van der Waals surface area contributed by atoms with Gasteiger partial charge in [0.15, 0.2) is 6.10 Å². The summed E-state index contributed by atoms with van der Waals surface area (Å²) in [5, 5.41) is 0. The Morgan fingerprint density at radius 3 is 2.56 bits per heavy atom. The van der Waals surface area contributed by atoms with Crippen LogP contribution in [0.25, 0.3) is 0 Å². The first-order chi connectivity index (χ1) is 13.0. The molecule has 4 rings (SSSR count). The predicted molar refractivity (Wildman–Crippen MR) is 108 cm³/mol. The van der Waals surface area contributed by atoms with E-state index in [1.165, 1.54) is 4.31 Å². The summed E-state index contributed by atoms with van der Waals surface area (Å²) in [6, 6.07) is 10.2. The molecule has 6 nitrogen and oxygen atoms in total. The molecule has 1 atom stereocenters. The van der Waals surface area contributed by atoms with Gasteiger partial charge in [-0.1, -0.05) is 12.1 Å². The number of ether oxygens (including phenoxy) is 1. The Labute approximate surface area is 170 Å². The van der Waals surface area contributed by atoms with Gasteiger partial charge in [-0.2, -0.15) is 0 Å². The molecular weight excluding hydrogens is 452 g/mol. The van der Waals surface area contributed by atoms with E-state index in [0.29, 0.717) is 24.5 Å². The molecule has 2 aromatic rings. The predicted octanol–water partition coefficient (Wildman–Crippen LogP) is 3.48. The Morgan fingerprint density at radius 2 is 1.85 bits per heavy atom. The number of piperidine rings is 1. The topological polar surface area (TPSA) is 66.9 Å². The molecule has 1 saturated heterocycles. The SMILES string of the molecule is O=C(C1CN(S(=O)(=O)c2ccc(Br)s2)c2ccccc2O1)N1CCCCC1. The number of hydrogen-bond donors (Lipinski definition) is 0. The molecule has 1 unspecified atom stereocenters. The quantitative estimate of drug-likeness (QED) is 0.688. The second-order valence-corrected chi connectivity index (χ2v) is 11.1. The number of rotatable bonds is 3. The maximum atomic E-state index is 13.2. The van der Waals surface area contributed by atoms with Crippen LogP contribution in [0.4, 0.5) is 5.69 Å². The van der Waals surface area contributed by atoms with E-state index < -0.39 is 16.1 Å². The highest BCUT2D eigenvalue weighted by Gasteiger charge is 2.39. The molecule has 0 saturated carbocycles. The van der Waals surface area contributed by atoms with Gasteiger partial charge in [0.1, 0.15) is 9.96 Å². The molecule has 144 valence electrons. The Hall–Kier alpha value is -1.58. The van der Waals surface area contributed by atoms with Gasteiger partial charge in [-0.3, -0.25) is 9.10 Å². The van der Waals surface area contributed by atoms with Crippen molar-refractivity contribution in [1.82, 2.24) is 4.90 Å². The molecule has 0 spiro atoms. The minimum absolute atomic E-state index is 0.0236. The van der Waals surface area contributed by atoms with Crippen molar-refractivity contribution < 1.29 is 17.9 Å². The second-order valence-electron chi connectivity index (χ2n) is 6.55. The van der Waals surface area contributed by atoms with Crippen molar-refractivity contribution >= 4 is 48.9 Å². The van der Waals surface area contributed by atoms with E-state index in [1.54, 1.807) is 41.3 Å².